The Kier molecular flexibility index (Phi) is 5.09. The first-order chi connectivity index (χ1) is 10.1. The van der Waals surface area contributed by atoms with Crippen molar-refractivity contribution in [3.05, 3.63) is 40.7 Å². The van der Waals surface area contributed by atoms with Crippen molar-refractivity contribution in [3.63, 3.8) is 0 Å². The number of hydrogen-bond acceptors (Lipinski definition) is 3. The van der Waals surface area contributed by atoms with Gasteiger partial charge < -0.3 is 0 Å². The van der Waals surface area contributed by atoms with E-state index in [0.29, 0.717) is 6.54 Å². The summed E-state index contributed by atoms with van der Waals surface area (Å²) in [4.78, 5) is 2.30. The minimum atomic E-state index is -0.289. The van der Waals surface area contributed by atoms with Gasteiger partial charge in [0.25, 0.3) is 0 Å². The molecule has 1 aromatic rings. The molecule has 0 N–H and O–H groups in total. The van der Waals surface area contributed by atoms with E-state index in [4.69, 9.17) is 10.5 Å². The highest BCUT2D eigenvalue weighted by Crippen LogP contribution is 2.21. The van der Waals surface area contributed by atoms with E-state index in [1.165, 1.54) is 18.2 Å². The van der Waals surface area contributed by atoms with E-state index >= 15 is 0 Å². The molecule has 0 spiro atoms. The number of benzene rings is 1. The maximum atomic E-state index is 13.5. The lowest BCUT2D eigenvalue weighted by Gasteiger charge is -2.30. The van der Waals surface area contributed by atoms with Crippen LogP contribution in [0.1, 0.15) is 30.9 Å². The highest BCUT2D eigenvalue weighted by atomic mass is 19.1. The summed E-state index contributed by atoms with van der Waals surface area (Å²) in [5.41, 5.74) is 1.61. The minimum absolute atomic E-state index is 0.0372. The van der Waals surface area contributed by atoms with Gasteiger partial charge in [0.1, 0.15) is 23.5 Å². The quantitative estimate of drug-likeness (QED) is 0.798. The van der Waals surface area contributed by atoms with Crippen LogP contribution in [0.2, 0.25) is 0 Å². The standard InChI is InChI=1S/C17H18FN3/c1-13-4-6-21(7-5-13)12-16-9-17(18)3-2-15(16)8-14(10-19)11-20/h2-3,8-9,13H,4-7,12H2,1H3. The van der Waals surface area contributed by atoms with Gasteiger partial charge in [-0.3, -0.25) is 4.90 Å². The van der Waals surface area contributed by atoms with E-state index in [0.717, 1.165) is 43.0 Å². The van der Waals surface area contributed by atoms with Crippen LogP contribution in [0.25, 0.3) is 6.08 Å². The molecule has 108 valence electrons. The Morgan fingerprint density at radius 2 is 2.00 bits per heavy atom. The summed E-state index contributed by atoms with van der Waals surface area (Å²) in [5.74, 6) is 0.458. The SMILES string of the molecule is CC1CCN(Cc2cc(F)ccc2C=C(C#N)C#N)CC1. The fourth-order valence-corrected chi connectivity index (χ4v) is 2.56. The van der Waals surface area contributed by atoms with Crippen LogP contribution in [0.4, 0.5) is 4.39 Å². The lowest BCUT2D eigenvalue weighted by molar-refractivity contribution is 0.185. The van der Waals surface area contributed by atoms with Crippen LogP contribution >= 0.6 is 0 Å². The summed E-state index contributed by atoms with van der Waals surface area (Å²) in [6.45, 7) is 4.91. The van der Waals surface area contributed by atoms with Gasteiger partial charge >= 0.3 is 0 Å². The molecular formula is C17H18FN3. The Labute approximate surface area is 124 Å². The van der Waals surface area contributed by atoms with E-state index < -0.39 is 0 Å². The third kappa shape index (κ3) is 4.15. The number of likely N-dealkylation sites (tertiary alicyclic amines) is 1. The number of allylic oxidation sites excluding steroid dienone is 1. The summed E-state index contributed by atoms with van der Waals surface area (Å²) in [7, 11) is 0. The third-order valence-electron chi connectivity index (χ3n) is 3.92. The summed E-state index contributed by atoms with van der Waals surface area (Å²) in [6.07, 6.45) is 3.84. The highest BCUT2D eigenvalue weighted by Gasteiger charge is 2.17. The van der Waals surface area contributed by atoms with Crippen LogP contribution in [0.15, 0.2) is 23.8 Å². The predicted molar refractivity (Wildman–Crippen MR) is 79.3 cm³/mol. The summed E-state index contributed by atoms with van der Waals surface area (Å²) < 4.78 is 13.5. The van der Waals surface area contributed by atoms with Crippen molar-refractivity contribution in [1.29, 1.82) is 10.5 Å². The molecular weight excluding hydrogens is 265 g/mol. The minimum Gasteiger partial charge on any atom is -0.299 e. The molecule has 1 aliphatic rings. The van der Waals surface area contributed by atoms with Crippen molar-refractivity contribution < 1.29 is 4.39 Å². The first kappa shape index (κ1) is 15.2. The number of piperidine rings is 1. The first-order valence-corrected chi connectivity index (χ1v) is 7.15. The molecule has 0 bridgehead atoms. The zero-order chi connectivity index (χ0) is 15.2. The van der Waals surface area contributed by atoms with E-state index in [2.05, 4.69) is 11.8 Å². The van der Waals surface area contributed by atoms with Crippen molar-refractivity contribution in [1.82, 2.24) is 4.90 Å². The summed E-state index contributed by atoms with van der Waals surface area (Å²) in [5, 5.41) is 17.7. The molecule has 1 aliphatic heterocycles. The Balaban J connectivity index is 2.22. The van der Waals surface area contributed by atoms with E-state index in [1.807, 2.05) is 12.1 Å². The van der Waals surface area contributed by atoms with Crippen LogP contribution in [0.3, 0.4) is 0 Å². The highest BCUT2D eigenvalue weighted by molar-refractivity contribution is 5.64. The van der Waals surface area contributed by atoms with Gasteiger partial charge in [0.05, 0.1) is 0 Å². The molecule has 0 unspecified atom stereocenters. The molecule has 0 aliphatic carbocycles. The smallest absolute Gasteiger partial charge is 0.130 e. The van der Waals surface area contributed by atoms with E-state index in [1.54, 1.807) is 6.07 Å². The van der Waals surface area contributed by atoms with Gasteiger partial charge in [0.2, 0.25) is 0 Å². The molecule has 1 aromatic carbocycles. The molecule has 1 saturated heterocycles. The van der Waals surface area contributed by atoms with Crippen molar-refractivity contribution in [2.24, 2.45) is 5.92 Å². The molecule has 1 fully saturated rings. The number of hydrogen-bond donors (Lipinski definition) is 0. The third-order valence-corrected chi connectivity index (χ3v) is 3.92. The van der Waals surface area contributed by atoms with Crippen LogP contribution in [-0.4, -0.2) is 18.0 Å². The van der Waals surface area contributed by atoms with Crippen LogP contribution in [0.5, 0.6) is 0 Å². The number of rotatable bonds is 3. The van der Waals surface area contributed by atoms with Crippen LogP contribution in [0, 0.1) is 34.4 Å². The lowest BCUT2D eigenvalue weighted by atomic mass is 9.98. The zero-order valence-corrected chi connectivity index (χ0v) is 12.1. The molecule has 0 radical (unpaired) electrons. The number of halogens is 1. The normalized spacial score (nSPS) is 16.0. The number of nitriles is 2. The molecule has 0 saturated carbocycles. The Bertz CT molecular complexity index is 598. The first-order valence-electron chi connectivity index (χ1n) is 7.15. The fourth-order valence-electron chi connectivity index (χ4n) is 2.56. The summed E-state index contributed by atoms with van der Waals surface area (Å²) >= 11 is 0. The Morgan fingerprint density at radius 1 is 1.33 bits per heavy atom. The Hall–Kier alpha value is -2.17. The van der Waals surface area contributed by atoms with Gasteiger partial charge in [0.15, 0.2) is 0 Å². The fraction of sp³-hybridized carbons (Fsp3) is 0.412. The van der Waals surface area contributed by atoms with Crippen molar-refractivity contribution in [2.75, 3.05) is 13.1 Å². The topological polar surface area (TPSA) is 50.8 Å². The van der Waals surface area contributed by atoms with Crippen LogP contribution in [-0.2, 0) is 6.54 Å². The van der Waals surface area contributed by atoms with E-state index in [9.17, 15) is 4.39 Å². The second-order valence-electron chi connectivity index (χ2n) is 5.58. The summed E-state index contributed by atoms with van der Waals surface area (Å²) in [6, 6.07) is 8.18. The second-order valence-corrected chi connectivity index (χ2v) is 5.58. The molecule has 4 heteroatoms. The van der Waals surface area contributed by atoms with Crippen molar-refractivity contribution in [2.45, 2.75) is 26.3 Å². The van der Waals surface area contributed by atoms with Gasteiger partial charge in [-0.15, -0.1) is 0 Å². The molecule has 2 rings (SSSR count). The van der Waals surface area contributed by atoms with Gasteiger partial charge in [-0.2, -0.15) is 10.5 Å². The zero-order valence-electron chi connectivity index (χ0n) is 12.1. The molecule has 3 nitrogen and oxygen atoms in total. The van der Waals surface area contributed by atoms with Gasteiger partial charge in [-0.05, 0) is 61.2 Å². The molecule has 21 heavy (non-hydrogen) atoms. The number of nitrogens with zero attached hydrogens (tertiary/aromatic N) is 3. The molecule has 1 heterocycles. The van der Waals surface area contributed by atoms with Gasteiger partial charge in [-0.25, -0.2) is 4.39 Å². The molecule has 0 amide bonds. The van der Waals surface area contributed by atoms with Crippen molar-refractivity contribution >= 4 is 6.08 Å². The van der Waals surface area contributed by atoms with E-state index in [-0.39, 0.29) is 11.4 Å². The van der Waals surface area contributed by atoms with Crippen LogP contribution < -0.4 is 0 Å². The predicted octanol–water partition coefficient (Wildman–Crippen LogP) is 3.49. The molecule has 0 atom stereocenters. The largest absolute Gasteiger partial charge is 0.299 e. The average molecular weight is 283 g/mol. The Morgan fingerprint density at radius 3 is 2.62 bits per heavy atom. The second kappa shape index (κ2) is 7.02. The van der Waals surface area contributed by atoms with Gasteiger partial charge in [-0.1, -0.05) is 13.0 Å². The maximum absolute atomic E-state index is 13.5. The van der Waals surface area contributed by atoms with Crippen molar-refractivity contribution in [3.8, 4) is 12.1 Å². The monoisotopic (exact) mass is 283 g/mol. The van der Waals surface area contributed by atoms with Gasteiger partial charge in [0, 0.05) is 6.54 Å². The lowest BCUT2D eigenvalue weighted by Crippen LogP contribution is -2.32. The maximum Gasteiger partial charge on any atom is 0.130 e. The average Bonchev–Trinajstić information content (AvgIpc) is 2.49. The molecule has 0 aromatic heterocycles.